The molecule has 1 atom stereocenters. The molecular weight excluding hydrogens is 257 g/mol. The Morgan fingerprint density at radius 1 is 1.40 bits per heavy atom. The van der Waals surface area contributed by atoms with Gasteiger partial charge in [0.15, 0.2) is 0 Å². The van der Waals surface area contributed by atoms with Gasteiger partial charge in [-0.05, 0) is 47.5 Å². The van der Waals surface area contributed by atoms with Gasteiger partial charge in [0, 0.05) is 22.1 Å². The normalized spacial score (nSPS) is 13.3. The maximum absolute atomic E-state index is 13.5. The van der Waals surface area contributed by atoms with E-state index >= 15 is 0 Å². The van der Waals surface area contributed by atoms with Gasteiger partial charge in [0.2, 0.25) is 0 Å². The van der Waals surface area contributed by atoms with Crippen molar-refractivity contribution in [2.75, 3.05) is 0 Å². The fourth-order valence-electron chi connectivity index (χ4n) is 1.77. The smallest absolute Gasteiger partial charge is 0.132 e. The molecule has 0 radical (unpaired) electrons. The summed E-state index contributed by atoms with van der Waals surface area (Å²) in [5.41, 5.74) is 0.948. The second kappa shape index (κ2) is 3.97. The fraction of sp³-hybridized carbons (Fsp3) is 0.333. The minimum Gasteiger partial charge on any atom is -0.344 e. The molecule has 0 bridgehead atoms. The van der Waals surface area contributed by atoms with Crippen molar-refractivity contribution in [1.82, 2.24) is 4.57 Å². The lowest BCUT2D eigenvalue weighted by Crippen LogP contribution is -2.02. The van der Waals surface area contributed by atoms with Crippen LogP contribution in [0.15, 0.2) is 28.9 Å². The van der Waals surface area contributed by atoms with Gasteiger partial charge < -0.3 is 4.57 Å². The number of benzene rings is 1. The summed E-state index contributed by atoms with van der Waals surface area (Å²) in [4.78, 5) is 0. The van der Waals surface area contributed by atoms with Crippen LogP contribution in [-0.4, -0.2) is 4.57 Å². The number of nitrogens with zero attached hydrogens (tertiary/aromatic N) is 1. The Morgan fingerprint density at radius 2 is 2.13 bits per heavy atom. The quantitative estimate of drug-likeness (QED) is 0.756. The Hall–Kier alpha value is -0.830. The first-order valence-corrected chi connectivity index (χ1v) is 5.89. The van der Waals surface area contributed by atoms with Crippen LogP contribution in [0.4, 0.5) is 4.39 Å². The number of halogens is 2. The van der Waals surface area contributed by atoms with Crippen molar-refractivity contribution >= 4 is 26.8 Å². The molecule has 15 heavy (non-hydrogen) atoms. The van der Waals surface area contributed by atoms with Crippen LogP contribution in [0.5, 0.6) is 0 Å². The summed E-state index contributed by atoms with van der Waals surface area (Å²) in [6.07, 6.45) is 2.99. The largest absolute Gasteiger partial charge is 0.344 e. The van der Waals surface area contributed by atoms with Crippen molar-refractivity contribution in [1.29, 1.82) is 0 Å². The SMILES string of the molecule is CCC(C)n1ccc2c(F)ccc(Br)c21. The molecule has 0 saturated carbocycles. The third-order valence-electron chi connectivity index (χ3n) is 2.84. The van der Waals surface area contributed by atoms with Crippen LogP contribution in [0.1, 0.15) is 26.3 Å². The van der Waals surface area contributed by atoms with Crippen LogP contribution in [0.25, 0.3) is 10.9 Å². The zero-order valence-corrected chi connectivity index (χ0v) is 10.4. The highest BCUT2D eigenvalue weighted by Crippen LogP contribution is 2.30. The van der Waals surface area contributed by atoms with Crippen LogP contribution in [-0.2, 0) is 0 Å². The standard InChI is InChI=1S/C12H13BrFN/c1-3-8(2)15-7-6-9-11(14)5-4-10(13)12(9)15/h4-8H,3H2,1-2H3. The predicted molar refractivity (Wildman–Crippen MR) is 64.6 cm³/mol. The number of rotatable bonds is 2. The third kappa shape index (κ3) is 1.69. The van der Waals surface area contributed by atoms with E-state index < -0.39 is 0 Å². The highest BCUT2D eigenvalue weighted by Gasteiger charge is 2.11. The van der Waals surface area contributed by atoms with Gasteiger partial charge in [-0.2, -0.15) is 0 Å². The van der Waals surface area contributed by atoms with Gasteiger partial charge in [-0.25, -0.2) is 4.39 Å². The molecule has 0 saturated heterocycles. The third-order valence-corrected chi connectivity index (χ3v) is 3.48. The van der Waals surface area contributed by atoms with Crippen LogP contribution >= 0.6 is 15.9 Å². The van der Waals surface area contributed by atoms with Crippen molar-refractivity contribution in [3.05, 3.63) is 34.7 Å². The van der Waals surface area contributed by atoms with E-state index in [2.05, 4.69) is 34.3 Å². The summed E-state index contributed by atoms with van der Waals surface area (Å²) < 4.78 is 16.6. The fourth-order valence-corrected chi connectivity index (χ4v) is 2.32. The first-order chi connectivity index (χ1) is 7.15. The molecule has 3 heteroatoms. The maximum atomic E-state index is 13.5. The Bertz CT molecular complexity index is 490. The maximum Gasteiger partial charge on any atom is 0.132 e. The summed E-state index contributed by atoms with van der Waals surface area (Å²) in [7, 11) is 0. The monoisotopic (exact) mass is 269 g/mol. The number of fused-ring (bicyclic) bond motifs is 1. The van der Waals surface area contributed by atoms with E-state index in [-0.39, 0.29) is 5.82 Å². The van der Waals surface area contributed by atoms with E-state index in [1.165, 1.54) is 6.07 Å². The van der Waals surface area contributed by atoms with Crippen LogP contribution in [0.3, 0.4) is 0 Å². The topological polar surface area (TPSA) is 4.93 Å². The number of hydrogen-bond donors (Lipinski definition) is 0. The highest BCUT2D eigenvalue weighted by atomic mass is 79.9. The lowest BCUT2D eigenvalue weighted by molar-refractivity contribution is 0.547. The Kier molecular flexibility index (Phi) is 2.83. The van der Waals surface area contributed by atoms with E-state index in [1.807, 2.05) is 12.3 Å². The molecule has 0 N–H and O–H groups in total. The van der Waals surface area contributed by atoms with Crippen LogP contribution in [0.2, 0.25) is 0 Å². The van der Waals surface area contributed by atoms with Gasteiger partial charge in [-0.3, -0.25) is 0 Å². The van der Waals surface area contributed by atoms with E-state index in [9.17, 15) is 4.39 Å². The minimum absolute atomic E-state index is 0.157. The summed E-state index contributed by atoms with van der Waals surface area (Å²) >= 11 is 3.47. The molecule has 1 aromatic heterocycles. The van der Waals surface area contributed by atoms with E-state index in [0.717, 1.165) is 16.4 Å². The van der Waals surface area contributed by atoms with E-state index in [0.29, 0.717) is 11.4 Å². The van der Waals surface area contributed by atoms with Crippen molar-refractivity contribution in [3.63, 3.8) is 0 Å². The molecule has 2 rings (SSSR count). The lowest BCUT2D eigenvalue weighted by Gasteiger charge is -2.13. The Balaban J connectivity index is 2.73. The zero-order valence-electron chi connectivity index (χ0n) is 8.80. The van der Waals surface area contributed by atoms with Crippen LogP contribution < -0.4 is 0 Å². The molecule has 1 unspecified atom stereocenters. The van der Waals surface area contributed by atoms with Gasteiger partial charge in [0.05, 0.1) is 5.52 Å². The van der Waals surface area contributed by atoms with Crippen molar-refractivity contribution < 1.29 is 4.39 Å². The van der Waals surface area contributed by atoms with Crippen molar-refractivity contribution in [3.8, 4) is 0 Å². The molecular formula is C12H13BrFN. The molecule has 80 valence electrons. The second-order valence-corrected chi connectivity index (χ2v) is 4.63. The van der Waals surface area contributed by atoms with Crippen molar-refractivity contribution in [2.24, 2.45) is 0 Å². The van der Waals surface area contributed by atoms with Crippen LogP contribution in [0, 0.1) is 5.82 Å². The van der Waals surface area contributed by atoms with Gasteiger partial charge in [-0.15, -0.1) is 0 Å². The molecule has 0 aliphatic carbocycles. The van der Waals surface area contributed by atoms with Gasteiger partial charge >= 0.3 is 0 Å². The molecule has 1 aromatic carbocycles. The second-order valence-electron chi connectivity index (χ2n) is 3.77. The number of aromatic nitrogens is 1. The Morgan fingerprint density at radius 3 is 2.80 bits per heavy atom. The molecule has 0 aliphatic rings. The first kappa shape index (κ1) is 10.7. The summed E-state index contributed by atoms with van der Waals surface area (Å²) in [6, 6.07) is 5.48. The average molecular weight is 270 g/mol. The van der Waals surface area contributed by atoms with Gasteiger partial charge in [0.25, 0.3) is 0 Å². The first-order valence-electron chi connectivity index (χ1n) is 5.09. The average Bonchev–Trinajstić information content (AvgIpc) is 2.68. The molecule has 0 fully saturated rings. The molecule has 0 spiro atoms. The summed E-state index contributed by atoms with van der Waals surface area (Å²) in [6.45, 7) is 4.26. The van der Waals surface area contributed by atoms with E-state index in [1.54, 1.807) is 6.07 Å². The molecule has 0 aliphatic heterocycles. The molecule has 0 amide bonds. The van der Waals surface area contributed by atoms with Gasteiger partial charge in [-0.1, -0.05) is 6.92 Å². The van der Waals surface area contributed by atoms with Crippen molar-refractivity contribution in [2.45, 2.75) is 26.3 Å². The molecule has 2 aromatic rings. The highest BCUT2D eigenvalue weighted by molar-refractivity contribution is 9.10. The summed E-state index contributed by atoms with van der Waals surface area (Å²) in [5, 5.41) is 0.685. The van der Waals surface area contributed by atoms with Gasteiger partial charge in [0.1, 0.15) is 5.82 Å². The summed E-state index contributed by atoms with van der Waals surface area (Å²) in [5.74, 6) is -0.157. The Labute approximate surface area is 97.0 Å². The minimum atomic E-state index is -0.157. The zero-order chi connectivity index (χ0) is 11.0. The lowest BCUT2D eigenvalue weighted by atomic mass is 10.2. The van der Waals surface area contributed by atoms with E-state index in [4.69, 9.17) is 0 Å². The number of hydrogen-bond acceptors (Lipinski definition) is 0. The molecule has 1 heterocycles. The predicted octanol–water partition coefficient (Wildman–Crippen LogP) is 4.51. The molecule has 1 nitrogen and oxygen atoms in total.